The summed E-state index contributed by atoms with van der Waals surface area (Å²) in [6.45, 7) is 14.7. The predicted molar refractivity (Wildman–Crippen MR) is 216 cm³/mol. The van der Waals surface area contributed by atoms with Crippen LogP contribution in [0.25, 0.3) is 0 Å². The van der Waals surface area contributed by atoms with E-state index < -0.39 is 104 Å². The first-order valence-electron chi connectivity index (χ1n) is 23.5. The van der Waals surface area contributed by atoms with Crippen LogP contribution >= 0.6 is 0 Å². The van der Waals surface area contributed by atoms with Crippen LogP contribution in [0.4, 0.5) is 0 Å². The summed E-state index contributed by atoms with van der Waals surface area (Å²) in [4.78, 5) is 0. The van der Waals surface area contributed by atoms with Gasteiger partial charge in [-0.1, -0.05) is 46.3 Å². The Morgan fingerprint density at radius 1 is 0.705 bits per heavy atom. The lowest BCUT2D eigenvalue weighted by Crippen LogP contribution is -2.66. The van der Waals surface area contributed by atoms with E-state index in [0.29, 0.717) is 41.9 Å². The van der Waals surface area contributed by atoms with E-state index in [9.17, 15) is 35.7 Å². The quantitative estimate of drug-likeness (QED) is 0.183. The van der Waals surface area contributed by atoms with Gasteiger partial charge in [0.15, 0.2) is 24.7 Å². The summed E-state index contributed by atoms with van der Waals surface area (Å²) in [5, 5.41) is 75.8. The van der Waals surface area contributed by atoms with E-state index in [1.165, 1.54) is 25.3 Å². The molecule has 0 bridgehead atoms. The van der Waals surface area contributed by atoms with Crippen molar-refractivity contribution in [2.24, 2.45) is 52.3 Å². The molecule has 5 heterocycles. The van der Waals surface area contributed by atoms with Gasteiger partial charge in [-0.3, -0.25) is 0 Å². The second-order valence-corrected chi connectivity index (χ2v) is 21.4. The minimum absolute atomic E-state index is 0.00660. The van der Waals surface area contributed by atoms with Crippen molar-refractivity contribution in [2.45, 2.75) is 210 Å². The fraction of sp³-hybridized carbons (Fsp3) is 0.957. The second kappa shape index (κ2) is 16.8. The van der Waals surface area contributed by atoms with E-state index in [1.807, 2.05) is 0 Å². The number of aliphatic hydroxyl groups is 7. The van der Waals surface area contributed by atoms with Crippen LogP contribution in [0, 0.1) is 52.3 Å². The van der Waals surface area contributed by atoms with Gasteiger partial charge in [0.25, 0.3) is 0 Å². The van der Waals surface area contributed by atoms with E-state index in [-0.39, 0.29) is 23.0 Å². The summed E-state index contributed by atoms with van der Waals surface area (Å²) in [5.41, 5.74) is 1.60. The molecule has 26 atom stereocenters. The highest BCUT2D eigenvalue weighted by Crippen LogP contribution is 2.70. The van der Waals surface area contributed by atoms with Gasteiger partial charge in [0, 0.05) is 18.3 Å². The molecule has 15 nitrogen and oxygen atoms in total. The molecule has 15 heteroatoms. The van der Waals surface area contributed by atoms with E-state index in [2.05, 4.69) is 33.8 Å². The Balaban J connectivity index is 0.916. The lowest BCUT2D eigenvalue weighted by atomic mass is 9.47. The van der Waals surface area contributed by atoms with Crippen LogP contribution in [0.15, 0.2) is 11.6 Å². The molecule has 348 valence electrons. The fourth-order valence-electron chi connectivity index (χ4n) is 14.2. The molecule has 8 fully saturated rings. The smallest absolute Gasteiger partial charge is 0.187 e. The number of hydrogen-bond donors (Lipinski definition) is 7. The van der Waals surface area contributed by atoms with Gasteiger partial charge < -0.3 is 73.6 Å². The standard InChI is InChI=1S/C46H74O15/c1-20-10-15-46(54-19-20)22(3)32-30(61-46)17-29-27-9-8-25-16-26(11-13-44(25,6)28(27)12-14-45(29,32)7)57-43-40(60-42-37(52)36(51)35(50)24(5)56-42)38(53)39(31(18-47)58-43)59-41-21(2)33(48)34(49)23(4)55-41/h8,20-24,26-43,47-53H,9-19H2,1-7H3/t20?,21-,22+,23+,24+,26+,27?,28?,29?,30+,31-,32+,33+,34+,35+,36-,37-,38+,39-,40-,41+,42+,43-,44+,45+,46-/m1/s1. The molecule has 3 saturated carbocycles. The van der Waals surface area contributed by atoms with Crippen LogP contribution in [0.3, 0.4) is 0 Å². The first-order chi connectivity index (χ1) is 28.9. The molecule has 1 spiro atoms. The normalized spacial score (nSPS) is 58.4. The second-order valence-electron chi connectivity index (χ2n) is 21.4. The Morgan fingerprint density at radius 3 is 2.11 bits per heavy atom. The molecule has 9 rings (SSSR count). The average molecular weight is 867 g/mol. The lowest BCUT2D eigenvalue weighted by Gasteiger charge is -2.59. The molecule has 0 aromatic carbocycles. The number of fused-ring (bicyclic) bond motifs is 7. The van der Waals surface area contributed by atoms with E-state index >= 15 is 0 Å². The molecule has 61 heavy (non-hydrogen) atoms. The van der Waals surface area contributed by atoms with Crippen molar-refractivity contribution < 1.29 is 73.6 Å². The number of ether oxygens (including phenoxy) is 8. The van der Waals surface area contributed by atoms with Crippen LogP contribution in [0.1, 0.15) is 106 Å². The molecule has 0 radical (unpaired) electrons. The molecule has 9 aliphatic rings. The van der Waals surface area contributed by atoms with Crippen molar-refractivity contribution in [2.75, 3.05) is 13.2 Å². The number of hydrogen-bond acceptors (Lipinski definition) is 15. The molecule has 4 aliphatic carbocycles. The highest BCUT2D eigenvalue weighted by Gasteiger charge is 2.69. The molecule has 0 aromatic heterocycles. The zero-order valence-corrected chi connectivity index (χ0v) is 37.0. The third-order valence-corrected chi connectivity index (χ3v) is 18.0. The van der Waals surface area contributed by atoms with Crippen molar-refractivity contribution in [3.05, 3.63) is 11.6 Å². The van der Waals surface area contributed by atoms with Gasteiger partial charge in [-0.2, -0.15) is 0 Å². The average Bonchev–Trinajstić information content (AvgIpc) is 3.69. The summed E-state index contributed by atoms with van der Waals surface area (Å²) in [7, 11) is 0. The summed E-state index contributed by atoms with van der Waals surface area (Å²) < 4.78 is 50.9. The topological polar surface area (TPSA) is 215 Å². The first-order valence-corrected chi connectivity index (χ1v) is 23.5. The van der Waals surface area contributed by atoms with Gasteiger partial charge in [-0.15, -0.1) is 0 Å². The Bertz CT molecular complexity index is 1590. The molecule has 0 aromatic rings. The van der Waals surface area contributed by atoms with E-state index in [1.54, 1.807) is 13.8 Å². The zero-order valence-electron chi connectivity index (χ0n) is 37.0. The van der Waals surface area contributed by atoms with Crippen molar-refractivity contribution >= 4 is 0 Å². The Hall–Kier alpha value is -0.860. The highest BCUT2D eigenvalue weighted by molar-refractivity contribution is 5.26. The molecule has 5 saturated heterocycles. The van der Waals surface area contributed by atoms with Crippen molar-refractivity contribution in [1.82, 2.24) is 0 Å². The van der Waals surface area contributed by atoms with Crippen LogP contribution < -0.4 is 0 Å². The lowest BCUT2D eigenvalue weighted by molar-refractivity contribution is -0.386. The van der Waals surface area contributed by atoms with E-state index in [4.69, 9.17) is 37.9 Å². The molecular weight excluding hydrogens is 792 g/mol. The third kappa shape index (κ3) is 7.44. The van der Waals surface area contributed by atoms with Gasteiger partial charge in [-0.05, 0) is 106 Å². The fourth-order valence-corrected chi connectivity index (χ4v) is 14.2. The van der Waals surface area contributed by atoms with Gasteiger partial charge in [-0.25, -0.2) is 0 Å². The molecule has 4 unspecified atom stereocenters. The zero-order chi connectivity index (χ0) is 43.5. The van der Waals surface area contributed by atoms with Gasteiger partial charge in [0.1, 0.15) is 48.8 Å². The molecule has 5 aliphatic heterocycles. The summed E-state index contributed by atoms with van der Waals surface area (Å²) in [5.74, 6) is 2.03. The summed E-state index contributed by atoms with van der Waals surface area (Å²) in [6.07, 6.45) is -6.39. The molecular formula is C46H74O15. The predicted octanol–water partition coefficient (Wildman–Crippen LogP) is 2.52. The number of rotatable bonds is 7. The maximum absolute atomic E-state index is 12.1. The van der Waals surface area contributed by atoms with Gasteiger partial charge >= 0.3 is 0 Å². The molecule has 7 N–H and O–H groups in total. The number of aliphatic hydroxyl groups excluding tert-OH is 7. The largest absolute Gasteiger partial charge is 0.394 e. The Kier molecular flexibility index (Phi) is 12.5. The maximum atomic E-state index is 12.1. The third-order valence-electron chi connectivity index (χ3n) is 18.0. The van der Waals surface area contributed by atoms with Crippen LogP contribution in [-0.4, -0.2) is 153 Å². The van der Waals surface area contributed by atoms with Crippen LogP contribution in [-0.2, 0) is 37.9 Å². The van der Waals surface area contributed by atoms with Crippen molar-refractivity contribution in [1.29, 1.82) is 0 Å². The van der Waals surface area contributed by atoms with E-state index in [0.717, 1.165) is 45.1 Å². The van der Waals surface area contributed by atoms with Crippen LogP contribution in [0.2, 0.25) is 0 Å². The monoisotopic (exact) mass is 867 g/mol. The molecule has 0 amide bonds. The Labute approximate surface area is 360 Å². The van der Waals surface area contributed by atoms with Crippen molar-refractivity contribution in [3.63, 3.8) is 0 Å². The van der Waals surface area contributed by atoms with Gasteiger partial charge in [0.05, 0.1) is 43.7 Å². The summed E-state index contributed by atoms with van der Waals surface area (Å²) in [6, 6.07) is 0. The first kappa shape index (κ1) is 45.3. The maximum Gasteiger partial charge on any atom is 0.187 e. The minimum Gasteiger partial charge on any atom is -0.394 e. The minimum atomic E-state index is -1.67. The van der Waals surface area contributed by atoms with Crippen LogP contribution in [0.5, 0.6) is 0 Å². The number of allylic oxidation sites excluding steroid dienone is 1. The highest BCUT2D eigenvalue weighted by atomic mass is 16.8. The Morgan fingerprint density at radius 2 is 1.41 bits per heavy atom. The van der Waals surface area contributed by atoms with Crippen molar-refractivity contribution in [3.8, 4) is 0 Å². The summed E-state index contributed by atoms with van der Waals surface area (Å²) >= 11 is 0. The van der Waals surface area contributed by atoms with Gasteiger partial charge in [0.2, 0.25) is 0 Å². The SMILES string of the molecule is CC1CC[C@@]2(OC1)O[C@H]1CC3C4CC=C5C[C@@H](O[C@@H]6O[C@H](CO)[C@@H](O[C@@H]7O[C@@H](C)[C@H](O)[C@@H](O)[C@H]7C)[C@H](O)[C@H]6O[C@@H]6O[C@@H](C)[C@H](O)[C@@H](O)[C@H]6O)CC[C@]5(C)C4CC[C@]3(C)[C@H]1[C@@H]2C.